The normalized spacial score (nSPS) is 50.6. The second-order valence-corrected chi connectivity index (χ2v) is 10.1. The van der Waals surface area contributed by atoms with E-state index in [4.69, 9.17) is 4.74 Å². The van der Waals surface area contributed by atoms with E-state index in [-0.39, 0.29) is 23.7 Å². The smallest absolute Gasteiger partial charge is 0.161 e. The van der Waals surface area contributed by atoms with Gasteiger partial charge in [0, 0.05) is 13.0 Å². The van der Waals surface area contributed by atoms with Crippen LogP contribution < -0.4 is 0 Å². The van der Waals surface area contributed by atoms with Crippen LogP contribution in [0, 0.1) is 40.9 Å². The van der Waals surface area contributed by atoms with Gasteiger partial charge in [0.15, 0.2) is 5.78 Å². The second kappa shape index (κ2) is 6.86. The van der Waals surface area contributed by atoms with E-state index in [1.54, 1.807) is 7.11 Å². The van der Waals surface area contributed by atoms with Crippen molar-refractivity contribution in [2.75, 3.05) is 20.3 Å². The van der Waals surface area contributed by atoms with Gasteiger partial charge in [-0.3, -0.25) is 4.79 Å². The molecule has 4 heteroatoms. The zero-order chi connectivity index (χ0) is 18.5. The zero-order valence-corrected chi connectivity index (χ0v) is 16.5. The highest BCUT2D eigenvalue weighted by molar-refractivity contribution is 5.83. The van der Waals surface area contributed by atoms with E-state index in [0.717, 1.165) is 49.9 Å². The summed E-state index contributed by atoms with van der Waals surface area (Å²) in [5, 5.41) is 20.2. The third kappa shape index (κ3) is 2.87. The molecule has 0 radical (unpaired) electrons. The minimum atomic E-state index is -0.613. The molecule has 26 heavy (non-hydrogen) atoms. The lowest BCUT2D eigenvalue weighted by molar-refractivity contribution is -0.138. The Morgan fingerprint density at radius 3 is 2.54 bits per heavy atom. The minimum Gasteiger partial charge on any atom is -0.389 e. The van der Waals surface area contributed by atoms with Crippen LogP contribution in [-0.4, -0.2) is 41.9 Å². The highest BCUT2D eigenvalue weighted by atomic mass is 16.5. The number of methoxy groups -OCH3 is 1. The first-order valence-electron chi connectivity index (χ1n) is 10.8. The van der Waals surface area contributed by atoms with Gasteiger partial charge < -0.3 is 14.9 Å². The van der Waals surface area contributed by atoms with Gasteiger partial charge in [-0.2, -0.15) is 0 Å². The van der Waals surface area contributed by atoms with Crippen molar-refractivity contribution in [3.8, 4) is 0 Å². The van der Waals surface area contributed by atoms with Gasteiger partial charge in [-0.15, -0.1) is 0 Å². The van der Waals surface area contributed by atoms with E-state index in [0.29, 0.717) is 18.4 Å². The second-order valence-electron chi connectivity index (χ2n) is 10.1. The summed E-state index contributed by atoms with van der Waals surface area (Å²) >= 11 is 0. The van der Waals surface area contributed by atoms with Gasteiger partial charge in [0.05, 0.1) is 12.2 Å². The zero-order valence-electron chi connectivity index (χ0n) is 16.5. The molecule has 0 aromatic carbocycles. The molecule has 148 valence electrons. The number of aliphatic hydroxyl groups excluding tert-OH is 1. The molecule has 0 bridgehead atoms. The molecule has 0 aromatic heterocycles. The first-order chi connectivity index (χ1) is 12.4. The summed E-state index contributed by atoms with van der Waals surface area (Å²) in [5.41, 5.74) is -0.503. The fraction of sp³-hybridized carbons (Fsp3) is 0.955. The van der Waals surface area contributed by atoms with Crippen LogP contribution in [0.1, 0.15) is 64.7 Å². The van der Waals surface area contributed by atoms with Crippen LogP contribution in [0.25, 0.3) is 0 Å². The molecule has 0 heterocycles. The molecule has 4 aliphatic carbocycles. The molecule has 0 amide bonds. The standard InChI is InChI=1S/C22H36O4/c1-21-9-7-16-15-8-10-22(25,13-26-2)11-14(15)3-4-17(16)18(21)5-6-19(21)20(24)12-23/h14-19,23,25H,3-13H2,1-2H3. The van der Waals surface area contributed by atoms with Gasteiger partial charge in [-0.25, -0.2) is 0 Å². The lowest BCUT2D eigenvalue weighted by Gasteiger charge is -2.57. The van der Waals surface area contributed by atoms with Gasteiger partial charge in [0.2, 0.25) is 0 Å². The predicted octanol–water partition coefficient (Wildman–Crippen LogP) is 3.19. The molecule has 8 atom stereocenters. The number of Topliss-reactive ketones (excluding diaryl/α,β-unsaturated/α-hetero) is 1. The van der Waals surface area contributed by atoms with E-state index < -0.39 is 5.60 Å². The molecule has 4 saturated carbocycles. The quantitative estimate of drug-likeness (QED) is 0.804. The van der Waals surface area contributed by atoms with E-state index in [1.807, 2.05) is 0 Å². The Kier molecular flexibility index (Phi) is 4.98. The molecule has 4 aliphatic rings. The third-order valence-electron chi connectivity index (χ3n) is 9.06. The molecule has 4 fully saturated rings. The van der Waals surface area contributed by atoms with Crippen molar-refractivity contribution in [1.29, 1.82) is 0 Å². The fourth-order valence-corrected chi connectivity index (χ4v) is 8.00. The van der Waals surface area contributed by atoms with Gasteiger partial charge in [-0.05, 0) is 92.8 Å². The van der Waals surface area contributed by atoms with Gasteiger partial charge in [-0.1, -0.05) is 6.92 Å². The maximum absolute atomic E-state index is 12.3. The van der Waals surface area contributed by atoms with Crippen LogP contribution in [0.3, 0.4) is 0 Å². The average molecular weight is 365 g/mol. The number of ketones is 1. The van der Waals surface area contributed by atoms with Crippen LogP contribution >= 0.6 is 0 Å². The molecular formula is C22H36O4. The number of fused-ring (bicyclic) bond motifs is 5. The highest BCUT2D eigenvalue weighted by Crippen LogP contribution is 2.64. The van der Waals surface area contributed by atoms with Crippen molar-refractivity contribution in [3.63, 3.8) is 0 Å². The Morgan fingerprint density at radius 2 is 1.81 bits per heavy atom. The minimum absolute atomic E-state index is 0.0735. The molecule has 0 aromatic rings. The van der Waals surface area contributed by atoms with Crippen molar-refractivity contribution in [2.24, 2.45) is 40.9 Å². The molecule has 2 N–H and O–H groups in total. The average Bonchev–Trinajstić information content (AvgIpc) is 2.98. The lowest BCUT2D eigenvalue weighted by atomic mass is 9.49. The lowest BCUT2D eigenvalue weighted by Crippen LogP contribution is -2.52. The molecule has 4 rings (SSSR count). The number of aliphatic hydroxyl groups is 2. The Bertz CT molecular complexity index is 548. The van der Waals surface area contributed by atoms with E-state index in [2.05, 4.69) is 6.92 Å². The summed E-state index contributed by atoms with van der Waals surface area (Å²) in [4.78, 5) is 12.3. The number of hydrogen-bond donors (Lipinski definition) is 2. The highest BCUT2D eigenvalue weighted by Gasteiger charge is 2.58. The van der Waals surface area contributed by atoms with Gasteiger partial charge in [0.1, 0.15) is 6.61 Å². The maximum Gasteiger partial charge on any atom is 0.161 e. The van der Waals surface area contributed by atoms with Crippen LogP contribution in [-0.2, 0) is 9.53 Å². The summed E-state index contributed by atoms with van der Waals surface area (Å²) in [6.45, 7) is 2.52. The number of ether oxygens (including phenoxy) is 1. The summed E-state index contributed by atoms with van der Waals surface area (Å²) in [5.74, 6) is 3.73. The topological polar surface area (TPSA) is 66.8 Å². The van der Waals surface area contributed by atoms with Crippen molar-refractivity contribution >= 4 is 5.78 Å². The summed E-state index contributed by atoms with van der Waals surface area (Å²) in [6.07, 6.45) is 9.91. The largest absolute Gasteiger partial charge is 0.389 e. The number of carbonyl (C=O) groups is 1. The van der Waals surface area contributed by atoms with Gasteiger partial charge in [0.25, 0.3) is 0 Å². The first-order valence-corrected chi connectivity index (χ1v) is 10.8. The monoisotopic (exact) mass is 364 g/mol. The number of rotatable bonds is 4. The summed E-state index contributed by atoms with van der Waals surface area (Å²) in [6, 6.07) is 0. The van der Waals surface area contributed by atoms with Gasteiger partial charge >= 0.3 is 0 Å². The summed E-state index contributed by atoms with van der Waals surface area (Å²) in [7, 11) is 1.69. The number of carbonyl (C=O) groups excluding carboxylic acids is 1. The molecular weight excluding hydrogens is 328 g/mol. The molecule has 8 unspecified atom stereocenters. The molecule has 0 aliphatic heterocycles. The van der Waals surface area contributed by atoms with Crippen molar-refractivity contribution in [2.45, 2.75) is 70.3 Å². The molecule has 0 saturated heterocycles. The third-order valence-corrected chi connectivity index (χ3v) is 9.06. The Morgan fingerprint density at radius 1 is 1.04 bits per heavy atom. The van der Waals surface area contributed by atoms with Crippen molar-refractivity contribution < 1.29 is 19.7 Å². The van der Waals surface area contributed by atoms with Crippen molar-refractivity contribution in [3.05, 3.63) is 0 Å². The summed E-state index contributed by atoms with van der Waals surface area (Å²) < 4.78 is 5.28. The Hall–Kier alpha value is -0.450. The van der Waals surface area contributed by atoms with Crippen LogP contribution in [0.5, 0.6) is 0 Å². The van der Waals surface area contributed by atoms with E-state index >= 15 is 0 Å². The first kappa shape index (κ1) is 18.9. The van der Waals surface area contributed by atoms with Crippen molar-refractivity contribution in [1.82, 2.24) is 0 Å². The Labute approximate surface area is 157 Å². The maximum atomic E-state index is 12.3. The van der Waals surface area contributed by atoms with Crippen LogP contribution in [0.15, 0.2) is 0 Å². The Balaban J connectivity index is 1.50. The van der Waals surface area contributed by atoms with E-state index in [9.17, 15) is 15.0 Å². The van der Waals surface area contributed by atoms with E-state index in [1.165, 1.54) is 25.7 Å². The van der Waals surface area contributed by atoms with Crippen LogP contribution in [0.2, 0.25) is 0 Å². The van der Waals surface area contributed by atoms with Crippen LogP contribution in [0.4, 0.5) is 0 Å². The fourth-order valence-electron chi connectivity index (χ4n) is 8.00. The number of hydrogen-bond acceptors (Lipinski definition) is 4. The SMILES string of the molecule is COCC1(O)CCC2C(CCC3C2CCC2(C)C(C(=O)CO)CCC32)C1. The predicted molar refractivity (Wildman–Crippen MR) is 99.5 cm³/mol. The molecule has 0 spiro atoms. The molecule has 4 nitrogen and oxygen atoms in total.